The second-order valence-corrected chi connectivity index (χ2v) is 8.52. The Labute approximate surface area is 115 Å². The average Bonchev–Trinajstić information content (AvgIpc) is 2.78. The molecule has 2 N–H and O–H groups in total. The van der Waals surface area contributed by atoms with Gasteiger partial charge < -0.3 is 10.6 Å². The first-order valence-corrected chi connectivity index (χ1v) is 8.84. The molecule has 19 heavy (non-hydrogen) atoms. The van der Waals surface area contributed by atoms with E-state index in [-0.39, 0.29) is 29.4 Å². The molecule has 0 spiro atoms. The van der Waals surface area contributed by atoms with Crippen LogP contribution in [0.3, 0.4) is 0 Å². The molecule has 1 heterocycles. The Hall–Kier alpha value is -0.620. The Kier molecular flexibility index (Phi) is 4.20. The highest BCUT2D eigenvalue weighted by Crippen LogP contribution is 2.37. The minimum absolute atomic E-state index is 0.0594. The van der Waals surface area contributed by atoms with E-state index in [1.807, 2.05) is 13.8 Å². The van der Waals surface area contributed by atoms with Gasteiger partial charge in [0, 0.05) is 19.1 Å². The third-order valence-electron chi connectivity index (χ3n) is 4.20. The van der Waals surface area contributed by atoms with Crippen molar-refractivity contribution in [3.63, 3.8) is 0 Å². The smallest absolute Gasteiger partial charge is 0.237 e. The van der Waals surface area contributed by atoms with Crippen molar-refractivity contribution in [1.29, 1.82) is 0 Å². The summed E-state index contributed by atoms with van der Waals surface area (Å²) in [5, 5.41) is 0. The molecule has 1 amide bonds. The van der Waals surface area contributed by atoms with Crippen molar-refractivity contribution in [3.8, 4) is 0 Å². The summed E-state index contributed by atoms with van der Waals surface area (Å²) in [5.41, 5.74) is 6.02. The lowest BCUT2D eigenvalue weighted by Gasteiger charge is -2.19. The van der Waals surface area contributed by atoms with Gasteiger partial charge in [0.25, 0.3) is 0 Å². The zero-order valence-corrected chi connectivity index (χ0v) is 12.5. The number of carbonyl (C=O) groups is 1. The van der Waals surface area contributed by atoms with Crippen molar-refractivity contribution in [2.75, 3.05) is 24.6 Å². The highest BCUT2D eigenvalue weighted by Gasteiger charge is 2.42. The lowest BCUT2D eigenvalue weighted by atomic mass is 9.98. The van der Waals surface area contributed by atoms with E-state index in [9.17, 15) is 13.2 Å². The van der Waals surface area contributed by atoms with E-state index in [1.165, 1.54) is 0 Å². The molecule has 2 fully saturated rings. The Morgan fingerprint density at radius 1 is 1.32 bits per heavy atom. The molecular formula is C13H24N2O3S. The van der Waals surface area contributed by atoms with Gasteiger partial charge in [-0.15, -0.1) is 0 Å². The van der Waals surface area contributed by atoms with Crippen molar-refractivity contribution in [2.45, 2.75) is 32.7 Å². The molecule has 1 saturated carbocycles. The fourth-order valence-electron chi connectivity index (χ4n) is 3.36. The maximum absolute atomic E-state index is 12.1. The van der Waals surface area contributed by atoms with Crippen molar-refractivity contribution < 1.29 is 13.2 Å². The summed E-state index contributed by atoms with van der Waals surface area (Å²) in [7, 11) is -3.28. The van der Waals surface area contributed by atoms with E-state index in [0.29, 0.717) is 24.9 Å². The van der Waals surface area contributed by atoms with Crippen LogP contribution >= 0.6 is 0 Å². The summed E-state index contributed by atoms with van der Waals surface area (Å²) in [5.74, 6) is 0.397. The van der Waals surface area contributed by atoms with Crippen LogP contribution in [0.15, 0.2) is 0 Å². The SMILES string of the molecule is CC(C)CS(=O)(=O)CC(=O)N1CC2CCC(N)C2C1. The third kappa shape index (κ3) is 3.48. The van der Waals surface area contributed by atoms with Crippen molar-refractivity contribution >= 4 is 15.7 Å². The number of hydrogen-bond donors (Lipinski definition) is 1. The Morgan fingerprint density at radius 3 is 2.58 bits per heavy atom. The molecule has 1 aliphatic heterocycles. The van der Waals surface area contributed by atoms with Crippen LogP contribution in [0.5, 0.6) is 0 Å². The third-order valence-corrected chi connectivity index (χ3v) is 6.06. The lowest BCUT2D eigenvalue weighted by molar-refractivity contribution is -0.127. The molecular weight excluding hydrogens is 264 g/mol. The molecule has 1 saturated heterocycles. The number of amides is 1. The van der Waals surface area contributed by atoms with Crippen LogP contribution in [0, 0.1) is 17.8 Å². The van der Waals surface area contributed by atoms with Crippen LogP contribution in [0.25, 0.3) is 0 Å². The molecule has 0 radical (unpaired) electrons. The monoisotopic (exact) mass is 288 g/mol. The first-order valence-electron chi connectivity index (χ1n) is 7.02. The van der Waals surface area contributed by atoms with Gasteiger partial charge in [-0.1, -0.05) is 13.8 Å². The number of hydrogen-bond acceptors (Lipinski definition) is 4. The van der Waals surface area contributed by atoms with E-state index in [4.69, 9.17) is 5.73 Å². The van der Waals surface area contributed by atoms with Crippen LogP contribution < -0.4 is 5.73 Å². The molecule has 110 valence electrons. The highest BCUT2D eigenvalue weighted by molar-refractivity contribution is 7.92. The predicted molar refractivity (Wildman–Crippen MR) is 74.3 cm³/mol. The van der Waals surface area contributed by atoms with Crippen LogP contribution in [0.2, 0.25) is 0 Å². The number of rotatable bonds is 4. The number of fused-ring (bicyclic) bond motifs is 1. The van der Waals surface area contributed by atoms with E-state index < -0.39 is 9.84 Å². The summed E-state index contributed by atoms with van der Waals surface area (Å²) >= 11 is 0. The molecule has 5 nitrogen and oxygen atoms in total. The van der Waals surface area contributed by atoms with Gasteiger partial charge in [0.1, 0.15) is 5.75 Å². The van der Waals surface area contributed by atoms with Crippen LogP contribution in [0.1, 0.15) is 26.7 Å². The fraction of sp³-hybridized carbons (Fsp3) is 0.923. The van der Waals surface area contributed by atoms with E-state index in [2.05, 4.69) is 0 Å². The van der Waals surface area contributed by atoms with Crippen LogP contribution in [-0.4, -0.2) is 49.9 Å². The first kappa shape index (κ1) is 14.8. The van der Waals surface area contributed by atoms with Gasteiger partial charge in [0.15, 0.2) is 9.84 Å². The molecule has 0 aromatic heterocycles. The van der Waals surface area contributed by atoms with Gasteiger partial charge in [-0.2, -0.15) is 0 Å². The minimum Gasteiger partial charge on any atom is -0.341 e. The topological polar surface area (TPSA) is 80.5 Å². The van der Waals surface area contributed by atoms with Gasteiger partial charge in [0.2, 0.25) is 5.91 Å². The zero-order valence-electron chi connectivity index (χ0n) is 11.7. The fourth-order valence-corrected chi connectivity index (χ4v) is 5.05. The van der Waals surface area contributed by atoms with E-state index in [1.54, 1.807) is 4.90 Å². The molecule has 0 aromatic rings. The van der Waals surface area contributed by atoms with Crippen molar-refractivity contribution in [2.24, 2.45) is 23.5 Å². The Bertz CT molecular complexity index is 447. The normalized spacial score (nSPS) is 30.9. The summed E-state index contributed by atoms with van der Waals surface area (Å²) in [4.78, 5) is 13.8. The number of sulfone groups is 1. The minimum atomic E-state index is -3.28. The number of nitrogens with two attached hydrogens (primary N) is 1. The number of carbonyl (C=O) groups excluding carboxylic acids is 1. The van der Waals surface area contributed by atoms with Crippen LogP contribution in [0.4, 0.5) is 0 Å². The molecule has 1 aliphatic carbocycles. The van der Waals surface area contributed by atoms with E-state index >= 15 is 0 Å². The highest BCUT2D eigenvalue weighted by atomic mass is 32.2. The second kappa shape index (κ2) is 5.40. The Morgan fingerprint density at radius 2 is 2.00 bits per heavy atom. The molecule has 3 atom stereocenters. The van der Waals surface area contributed by atoms with Gasteiger partial charge >= 0.3 is 0 Å². The molecule has 3 unspecified atom stereocenters. The Balaban J connectivity index is 1.92. The van der Waals surface area contributed by atoms with Crippen LogP contribution in [-0.2, 0) is 14.6 Å². The zero-order chi connectivity index (χ0) is 14.2. The van der Waals surface area contributed by atoms with Crippen molar-refractivity contribution in [3.05, 3.63) is 0 Å². The summed E-state index contributed by atoms with van der Waals surface area (Å²) < 4.78 is 23.7. The molecule has 2 aliphatic rings. The average molecular weight is 288 g/mol. The first-order chi connectivity index (χ1) is 8.78. The predicted octanol–water partition coefficient (Wildman–Crippen LogP) is 0.253. The summed E-state index contributed by atoms with van der Waals surface area (Å²) in [6, 6.07) is 0.176. The standard InChI is InChI=1S/C13H24N2O3S/c1-9(2)7-19(17,18)8-13(16)15-5-10-3-4-12(14)11(10)6-15/h9-12H,3-8,14H2,1-2H3. The number of nitrogens with zero attached hydrogens (tertiary/aromatic N) is 1. The van der Waals surface area contributed by atoms with Gasteiger partial charge in [0.05, 0.1) is 5.75 Å². The van der Waals surface area contributed by atoms with Crippen molar-refractivity contribution in [1.82, 2.24) is 4.90 Å². The molecule has 6 heteroatoms. The largest absolute Gasteiger partial charge is 0.341 e. The second-order valence-electron chi connectivity index (χ2n) is 6.41. The molecule has 0 aromatic carbocycles. The maximum Gasteiger partial charge on any atom is 0.237 e. The number of likely N-dealkylation sites (tertiary alicyclic amines) is 1. The molecule has 2 rings (SSSR count). The van der Waals surface area contributed by atoms with Gasteiger partial charge in [-0.05, 0) is 30.6 Å². The van der Waals surface area contributed by atoms with Gasteiger partial charge in [-0.25, -0.2) is 8.42 Å². The molecule has 0 bridgehead atoms. The van der Waals surface area contributed by atoms with Gasteiger partial charge in [-0.3, -0.25) is 4.79 Å². The lowest BCUT2D eigenvalue weighted by Crippen LogP contribution is -2.37. The quantitative estimate of drug-likeness (QED) is 0.804. The maximum atomic E-state index is 12.1. The summed E-state index contributed by atoms with van der Waals surface area (Å²) in [6.45, 7) is 5.03. The summed E-state index contributed by atoms with van der Waals surface area (Å²) in [6.07, 6.45) is 2.09. The van der Waals surface area contributed by atoms with E-state index in [0.717, 1.165) is 12.8 Å².